The van der Waals surface area contributed by atoms with Crippen molar-refractivity contribution in [1.29, 1.82) is 0 Å². The van der Waals surface area contributed by atoms with Crippen LogP contribution >= 0.6 is 0 Å². The standard InChI is InChI=1S/C22H38O6/c1-6-7-16(23)12-17-8-9-18(27-17)13(2)21(24)14(3)19-10-11-20(28-19)15(4)22(25)26-5/h13-15,17-21,24H,6-12H2,1-5H3/t13-,14-,15-,17+,18-,19+,20-,21+/m1/s1. The molecule has 0 aromatic heterocycles. The normalized spacial score (nSPS) is 31.9. The molecule has 0 aromatic rings. The molecule has 0 aliphatic carbocycles. The predicted molar refractivity (Wildman–Crippen MR) is 106 cm³/mol. The van der Waals surface area contributed by atoms with Crippen LogP contribution in [0.4, 0.5) is 0 Å². The van der Waals surface area contributed by atoms with Gasteiger partial charge in [0, 0.05) is 24.7 Å². The van der Waals surface area contributed by atoms with Crippen LogP contribution in [0.25, 0.3) is 0 Å². The van der Waals surface area contributed by atoms with E-state index in [1.54, 1.807) is 0 Å². The molecular formula is C22H38O6. The second-order valence-electron chi connectivity index (χ2n) is 8.68. The van der Waals surface area contributed by atoms with Gasteiger partial charge < -0.3 is 19.3 Å². The molecule has 0 saturated carbocycles. The molecule has 2 aliphatic heterocycles. The van der Waals surface area contributed by atoms with Gasteiger partial charge in [-0.05, 0) is 39.0 Å². The molecule has 6 heteroatoms. The third-order valence-electron chi connectivity index (χ3n) is 6.59. The Balaban J connectivity index is 1.83. The highest BCUT2D eigenvalue weighted by molar-refractivity contribution is 5.78. The van der Waals surface area contributed by atoms with Crippen molar-refractivity contribution in [3.05, 3.63) is 0 Å². The lowest BCUT2D eigenvalue weighted by Crippen LogP contribution is -2.39. The van der Waals surface area contributed by atoms with Crippen molar-refractivity contribution in [2.24, 2.45) is 17.8 Å². The molecule has 0 bridgehead atoms. The van der Waals surface area contributed by atoms with Gasteiger partial charge in [-0.1, -0.05) is 20.8 Å². The zero-order valence-electron chi connectivity index (χ0n) is 18.1. The smallest absolute Gasteiger partial charge is 0.311 e. The first-order chi connectivity index (χ1) is 13.3. The van der Waals surface area contributed by atoms with E-state index in [0.29, 0.717) is 12.8 Å². The molecule has 0 amide bonds. The summed E-state index contributed by atoms with van der Waals surface area (Å²) in [5, 5.41) is 10.9. The summed E-state index contributed by atoms with van der Waals surface area (Å²) in [4.78, 5) is 23.6. The van der Waals surface area contributed by atoms with E-state index in [4.69, 9.17) is 14.2 Å². The maximum Gasteiger partial charge on any atom is 0.311 e. The zero-order valence-corrected chi connectivity index (χ0v) is 18.1. The lowest BCUT2D eigenvalue weighted by Gasteiger charge is -2.32. The van der Waals surface area contributed by atoms with Gasteiger partial charge in [-0.25, -0.2) is 0 Å². The molecule has 1 N–H and O–H groups in total. The molecule has 8 atom stereocenters. The summed E-state index contributed by atoms with van der Waals surface area (Å²) in [5.74, 6) is -0.359. The highest BCUT2D eigenvalue weighted by atomic mass is 16.5. The first-order valence-electron chi connectivity index (χ1n) is 10.9. The molecule has 2 saturated heterocycles. The van der Waals surface area contributed by atoms with Gasteiger partial charge >= 0.3 is 5.97 Å². The summed E-state index contributed by atoms with van der Waals surface area (Å²) in [5.41, 5.74) is 0. The van der Waals surface area contributed by atoms with Crippen LogP contribution in [-0.4, -0.2) is 54.5 Å². The largest absolute Gasteiger partial charge is 0.469 e. The fourth-order valence-corrected chi connectivity index (χ4v) is 4.61. The third kappa shape index (κ3) is 5.77. The van der Waals surface area contributed by atoms with Crippen molar-refractivity contribution < 1.29 is 28.9 Å². The van der Waals surface area contributed by atoms with Crippen LogP contribution in [0.15, 0.2) is 0 Å². The van der Waals surface area contributed by atoms with Gasteiger partial charge in [0.1, 0.15) is 5.78 Å². The first kappa shape index (κ1) is 23.3. The maximum absolute atomic E-state index is 11.9. The fraction of sp³-hybridized carbons (Fsp3) is 0.909. The number of aliphatic hydroxyl groups is 1. The molecule has 2 aliphatic rings. The number of rotatable bonds is 10. The molecule has 2 fully saturated rings. The van der Waals surface area contributed by atoms with Gasteiger partial charge in [-0.15, -0.1) is 0 Å². The van der Waals surface area contributed by atoms with Crippen molar-refractivity contribution in [3.63, 3.8) is 0 Å². The van der Waals surface area contributed by atoms with Crippen molar-refractivity contribution in [2.75, 3.05) is 7.11 Å². The minimum atomic E-state index is -0.549. The van der Waals surface area contributed by atoms with Crippen molar-refractivity contribution in [2.45, 2.75) is 103 Å². The highest BCUT2D eigenvalue weighted by Crippen LogP contribution is 2.36. The highest BCUT2D eigenvalue weighted by Gasteiger charge is 2.41. The maximum atomic E-state index is 11.9. The van der Waals surface area contributed by atoms with Crippen LogP contribution < -0.4 is 0 Å². The Morgan fingerprint density at radius 1 is 1.00 bits per heavy atom. The number of aliphatic hydroxyl groups excluding tert-OH is 1. The molecule has 28 heavy (non-hydrogen) atoms. The molecule has 0 unspecified atom stereocenters. The lowest BCUT2D eigenvalue weighted by molar-refractivity contribution is -0.151. The number of carbonyl (C=O) groups is 2. The van der Waals surface area contributed by atoms with Gasteiger partial charge in [0.25, 0.3) is 0 Å². The summed E-state index contributed by atoms with van der Waals surface area (Å²) in [7, 11) is 1.39. The SMILES string of the molecule is CCCC(=O)C[C@@H]1CC[C@H]([C@@H](C)[C@H](O)[C@H](C)[C@@H]2CC[C@H]([C@@H](C)C(=O)OC)O2)O1. The fourth-order valence-electron chi connectivity index (χ4n) is 4.61. The second-order valence-corrected chi connectivity index (χ2v) is 8.68. The van der Waals surface area contributed by atoms with Gasteiger partial charge in [0.15, 0.2) is 0 Å². The molecule has 162 valence electrons. The van der Waals surface area contributed by atoms with Crippen LogP contribution in [0.5, 0.6) is 0 Å². The van der Waals surface area contributed by atoms with E-state index < -0.39 is 6.10 Å². The average molecular weight is 399 g/mol. The lowest BCUT2D eigenvalue weighted by atomic mass is 9.84. The minimum absolute atomic E-state index is 0.0120. The van der Waals surface area contributed by atoms with E-state index in [0.717, 1.165) is 32.1 Å². The monoisotopic (exact) mass is 398 g/mol. The number of Topliss-reactive ketones (excluding diaryl/α,β-unsaturated/α-hetero) is 1. The Kier molecular flexibility index (Phi) is 8.90. The number of carbonyl (C=O) groups excluding carboxylic acids is 2. The predicted octanol–water partition coefficient (Wildman–Crippen LogP) is 3.28. The number of ether oxygens (including phenoxy) is 3. The molecule has 0 spiro atoms. The van der Waals surface area contributed by atoms with Crippen LogP contribution in [0.1, 0.15) is 72.6 Å². The van der Waals surface area contributed by atoms with E-state index in [9.17, 15) is 14.7 Å². The second kappa shape index (κ2) is 10.7. The number of ketones is 1. The minimum Gasteiger partial charge on any atom is -0.469 e. The Labute approximate surface area is 169 Å². The van der Waals surface area contributed by atoms with Gasteiger partial charge in [-0.2, -0.15) is 0 Å². The molecule has 2 rings (SSSR count). The van der Waals surface area contributed by atoms with Gasteiger partial charge in [-0.3, -0.25) is 9.59 Å². The van der Waals surface area contributed by atoms with Gasteiger partial charge in [0.2, 0.25) is 0 Å². The summed E-state index contributed by atoms with van der Waals surface area (Å²) in [6.07, 6.45) is 4.55. The number of methoxy groups -OCH3 is 1. The van der Waals surface area contributed by atoms with Crippen molar-refractivity contribution >= 4 is 11.8 Å². The number of hydrogen-bond donors (Lipinski definition) is 1. The zero-order chi connectivity index (χ0) is 20.8. The van der Waals surface area contributed by atoms with Crippen molar-refractivity contribution in [3.8, 4) is 0 Å². The Morgan fingerprint density at radius 3 is 2.18 bits per heavy atom. The van der Waals surface area contributed by atoms with E-state index in [-0.39, 0.29) is 53.9 Å². The van der Waals surface area contributed by atoms with E-state index in [1.807, 2.05) is 27.7 Å². The molecule has 0 radical (unpaired) electrons. The van der Waals surface area contributed by atoms with Crippen LogP contribution in [0.3, 0.4) is 0 Å². The van der Waals surface area contributed by atoms with E-state index >= 15 is 0 Å². The summed E-state index contributed by atoms with van der Waals surface area (Å²) in [6, 6.07) is 0. The Hall–Kier alpha value is -0.980. The molecule has 0 aromatic carbocycles. The van der Waals surface area contributed by atoms with Crippen LogP contribution in [-0.2, 0) is 23.8 Å². The van der Waals surface area contributed by atoms with Crippen LogP contribution in [0.2, 0.25) is 0 Å². The Morgan fingerprint density at radius 2 is 1.57 bits per heavy atom. The molecule has 6 nitrogen and oxygen atoms in total. The first-order valence-corrected chi connectivity index (χ1v) is 10.9. The summed E-state index contributed by atoms with van der Waals surface area (Å²) >= 11 is 0. The van der Waals surface area contributed by atoms with Gasteiger partial charge in [0.05, 0.1) is 43.5 Å². The number of esters is 1. The summed E-state index contributed by atoms with van der Waals surface area (Å²) < 4.78 is 17.0. The number of hydrogen-bond acceptors (Lipinski definition) is 6. The Bertz CT molecular complexity index is 521. The average Bonchev–Trinajstić information content (AvgIpc) is 3.35. The molecular weight excluding hydrogens is 360 g/mol. The molecule has 2 heterocycles. The van der Waals surface area contributed by atoms with E-state index in [1.165, 1.54) is 7.11 Å². The van der Waals surface area contributed by atoms with Crippen molar-refractivity contribution in [1.82, 2.24) is 0 Å². The van der Waals surface area contributed by atoms with E-state index in [2.05, 4.69) is 0 Å². The topological polar surface area (TPSA) is 82.1 Å². The summed E-state index contributed by atoms with van der Waals surface area (Å²) in [6.45, 7) is 7.87. The third-order valence-corrected chi connectivity index (χ3v) is 6.59. The van der Waals surface area contributed by atoms with Crippen LogP contribution in [0, 0.1) is 17.8 Å². The quantitative estimate of drug-likeness (QED) is 0.569.